The van der Waals surface area contributed by atoms with E-state index in [0.29, 0.717) is 0 Å². The molecule has 1 heterocycles. The standard InChI is InChI=1S/C15H12N2.2H2O/c1-2-7-13(8-3-1)17-15-14-9-5-4-6-12(14)10-11-16-15;;/h1-11H,(H,16,17);2*1H2. The monoisotopic (exact) mass is 256 g/mol. The Hall–Kier alpha value is -2.43. The molecule has 0 radical (unpaired) electrons. The van der Waals surface area contributed by atoms with Crippen LogP contribution in [0.3, 0.4) is 0 Å². The highest BCUT2D eigenvalue weighted by Crippen LogP contribution is 2.23. The van der Waals surface area contributed by atoms with E-state index < -0.39 is 0 Å². The third-order valence-corrected chi connectivity index (χ3v) is 2.71. The van der Waals surface area contributed by atoms with Crippen LogP contribution >= 0.6 is 0 Å². The van der Waals surface area contributed by atoms with Crippen molar-refractivity contribution in [2.24, 2.45) is 0 Å². The van der Waals surface area contributed by atoms with Crippen molar-refractivity contribution in [1.29, 1.82) is 0 Å². The van der Waals surface area contributed by atoms with Crippen molar-refractivity contribution in [3.8, 4) is 0 Å². The molecular weight excluding hydrogens is 240 g/mol. The van der Waals surface area contributed by atoms with Gasteiger partial charge in [0.1, 0.15) is 5.82 Å². The minimum Gasteiger partial charge on any atom is -0.412 e. The average molecular weight is 256 g/mol. The lowest BCUT2D eigenvalue weighted by molar-refractivity contribution is 0.823. The number of nitrogens with one attached hydrogen (secondary N) is 1. The Morgan fingerprint density at radius 2 is 1.42 bits per heavy atom. The maximum absolute atomic E-state index is 4.39. The van der Waals surface area contributed by atoms with E-state index in [1.165, 1.54) is 5.39 Å². The molecule has 0 spiro atoms. The Labute approximate surface area is 111 Å². The van der Waals surface area contributed by atoms with Gasteiger partial charge in [0.05, 0.1) is 0 Å². The normalized spacial score (nSPS) is 9.26. The number of benzene rings is 2. The van der Waals surface area contributed by atoms with Gasteiger partial charge in [-0.05, 0) is 23.6 Å². The van der Waals surface area contributed by atoms with Crippen LogP contribution in [-0.2, 0) is 0 Å². The number of fused-ring (bicyclic) bond motifs is 1. The summed E-state index contributed by atoms with van der Waals surface area (Å²) in [6.45, 7) is 0. The van der Waals surface area contributed by atoms with Crippen LogP contribution in [-0.4, -0.2) is 15.9 Å². The molecule has 0 fully saturated rings. The lowest BCUT2D eigenvalue weighted by atomic mass is 10.1. The van der Waals surface area contributed by atoms with Crippen molar-refractivity contribution in [3.05, 3.63) is 66.9 Å². The molecule has 0 amide bonds. The molecule has 0 aliphatic rings. The Morgan fingerprint density at radius 1 is 0.737 bits per heavy atom. The molecule has 5 N–H and O–H groups in total. The lowest BCUT2D eigenvalue weighted by Crippen LogP contribution is -1.93. The third-order valence-electron chi connectivity index (χ3n) is 2.71. The second-order valence-corrected chi connectivity index (χ2v) is 3.87. The van der Waals surface area contributed by atoms with Gasteiger partial charge in [0.25, 0.3) is 0 Å². The summed E-state index contributed by atoms with van der Waals surface area (Å²) in [6.07, 6.45) is 1.83. The van der Waals surface area contributed by atoms with Crippen molar-refractivity contribution in [3.63, 3.8) is 0 Å². The minimum atomic E-state index is 0. The molecule has 0 aliphatic heterocycles. The van der Waals surface area contributed by atoms with Crippen molar-refractivity contribution in [1.82, 2.24) is 4.98 Å². The molecule has 19 heavy (non-hydrogen) atoms. The van der Waals surface area contributed by atoms with Crippen molar-refractivity contribution in [2.45, 2.75) is 0 Å². The number of pyridine rings is 1. The summed E-state index contributed by atoms with van der Waals surface area (Å²) in [4.78, 5) is 4.39. The van der Waals surface area contributed by atoms with E-state index in [4.69, 9.17) is 0 Å². The van der Waals surface area contributed by atoms with Crippen LogP contribution in [0, 0.1) is 0 Å². The van der Waals surface area contributed by atoms with Gasteiger partial charge in [-0.3, -0.25) is 0 Å². The molecular formula is C15H16N2O2. The van der Waals surface area contributed by atoms with E-state index in [2.05, 4.69) is 22.4 Å². The number of aromatic nitrogens is 1. The maximum atomic E-state index is 4.39. The van der Waals surface area contributed by atoms with Gasteiger partial charge in [-0.25, -0.2) is 4.98 Å². The predicted molar refractivity (Wildman–Crippen MR) is 78.7 cm³/mol. The molecule has 3 rings (SSSR count). The Bertz CT molecular complexity index is 636. The highest BCUT2D eigenvalue weighted by molar-refractivity contribution is 5.93. The molecule has 4 nitrogen and oxygen atoms in total. The zero-order valence-electron chi connectivity index (χ0n) is 10.3. The lowest BCUT2D eigenvalue weighted by Gasteiger charge is -2.08. The summed E-state index contributed by atoms with van der Waals surface area (Å²) in [5.41, 5.74) is 1.05. The Balaban J connectivity index is 0.000000902. The van der Waals surface area contributed by atoms with Crippen molar-refractivity contribution in [2.75, 3.05) is 5.32 Å². The third kappa shape index (κ3) is 3.07. The summed E-state index contributed by atoms with van der Waals surface area (Å²) in [5.74, 6) is 0.898. The highest BCUT2D eigenvalue weighted by Gasteiger charge is 2.01. The van der Waals surface area contributed by atoms with Crippen LogP contribution in [0.1, 0.15) is 0 Å². The number of anilines is 2. The summed E-state index contributed by atoms with van der Waals surface area (Å²) >= 11 is 0. The summed E-state index contributed by atoms with van der Waals surface area (Å²) in [7, 11) is 0. The fourth-order valence-electron chi connectivity index (χ4n) is 1.88. The number of hydrogen-bond acceptors (Lipinski definition) is 2. The largest absolute Gasteiger partial charge is 0.412 e. The second-order valence-electron chi connectivity index (χ2n) is 3.87. The molecule has 0 saturated heterocycles. The molecule has 1 aromatic heterocycles. The van der Waals surface area contributed by atoms with Crippen molar-refractivity contribution < 1.29 is 11.0 Å². The van der Waals surface area contributed by atoms with Gasteiger partial charge in [0.15, 0.2) is 0 Å². The van der Waals surface area contributed by atoms with Gasteiger partial charge in [-0.2, -0.15) is 0 Å². The molecule has 0 atom stereocenters. The SMILES string of the molecule is O.O.c1ccc(Nc2nccc3ccccc23)cc1. The Kier molecular flexibility index (Phi) is 5.00. The van der Waals surface area contributed by atoms with Crippen LogP contribution in [0.2, 0.25) is 0 Å². The Morgan fingerprint density at radius 3 is 2.21 bits per heavy atom. The van der Waals surface area contributed by atoms with Crippen LogP contribution < -0.4 is 5.32 Å². The highest BCUT2D eigenvalue weighted by atomic mass is 16.0. The molecule has 0 unspecified atom stereocenters. The van der Waals surface area contributed by atoms with E-state index >= 15 is 0 Å². The summed E-state index contributed by atoms with van der Waals surface area (Å²) in [5, 5.41) is 5.67. The summed E-state index contributed by atoms with van der Waals surface area (Å²) < 4.78 is 0. The zero-order valence-corrected chi connectivity index (χ0v) is 10.3. The minimum absolute atomic E-state index is 0. The van der Waals surface area contributed by atoms with Gasteiger partial charge in [0, 0.05) is 17.3 Å². The van der Waals surface area contributed by atoms with Gasteiger partial charge in [-0.1, -0.05) is 42.5 Å². The average Bonchev–Trinajstić information content (AvgIpc) is 2.40. The van der Waals surface area contributed by atoms with Gasteiger partial charge < -0.3 is 16.3 Å². The second kappa shape index (κ2) is 6.49. The molecule has 0 aliphatic carbocycles. The number of para-hydroxylation sites is 1. The van der Waals surface area contributed by atoms with Crippen LogP contribution in [0.25, 0.3) is 10.8 Å². The first-order chi connectivity index (χ1) is 8.43. The van der Waals surface area contributed by atoms with Crippen LogP contribution in [0.15, 0.2) is 66.9 Å². The van der Waals surface area contributed by atoms with Gasteiger partial charge in [0.2, 0.25) is 0 Å². The zero-order chi connectivity index (χ0) is 11.5. The molecule has 98 valence electrons. The number of hydrogen-bond donors (Lipinski definition) is 1. The first-order valence-corrected chi connectivity index (χ1v) is 5.59. The van der Waals surface area contributed by atoms with Crippen molar-refractivity contribution >= 4 is 22.3 Å². The number of rotatable bonds is 2. The van der Waals surface area contributed by atoms with E-state index in [1.54, 1.807) is 0 Å². The van der Waals surface area contributed by atoms with Gasteiger partial charge in [-0.15, -0.1) is 0 Å². The quantitative estimate of drug-likeness (QED) is 0.762. The fraction of sp³-hybridized carbons (Fsp3) is 0. The molecule has 3 aromatic rings. The predicted octanol–water partition coefficient (Wildman–Crippen LogP) is 2.33. The first-order valence-electron chi connectivity index (χ1n) is 5.59. The van der Waals surface area contributed by atoms with Crippen LogP contribution in [0.4, 0.5) is 11.5 Å². The number of nitrogens with zero attached hydrogens (tertiary/aromatic N) is 1. The molecule has 2 aromatic carbocycles. The fourth-order valence-corrected chi connectivity index (χ4v) is 1.88. The van der Waals surface area contributed by atoms with Crippen LogP contribution in [0.5, 0.6) is 0 Å². The van der Waals surface area contributed by atoms with E-state index in [9.17, 15) is 0 Å². The van der Waals surface area contributed by atoms with Gasteiger partial charge >= 0.3 is 0 Å². The first kappa shape index (κ1) is 14.6. The molecule has 0 bridgehead atoms. The molecule has 0 saturated carbocycles. The maximum Gasteiger partial charge on any atom is 0.138 e. The van der Waals surface area contributed by atoms with E-state index in [1.807, 2.05) is 54.7 Å². The topological polar surface area (TPSA) is 87.9 Å². The van der Waals surface area contributed by atoms with E-state index in [-0.39, 0.29) is 11.0 Å². The molecule has 4 heteroatoms. The van der Waals surface area contributed by atoms with E-state index in [0.717, 1.165) is 16.9 Å². The summed E-state index contributed by atoms with van der Waals surface area (Å²) in [6, 6.07) is 20.3. The smallest absolute Gasteiger partial charge is 0.138 e.